The molecule has 3 aromatic rings. The van der Waals surface area contributed by atoms with Gasteiger partial charge in [0, 0.05) is 17.6 Å². The molecule has 0 aliphatic heterocycles. The first-order valence-electron chi connectivity index (χ1n) is 10.1. The number of aliphatic hydroxyl groups excluding tert-OH is 2. The average Bonchev–Trinajstić information content (AvgIpc) is 2.95. The molecule has 0 amide bonds. The fraction of sp³-hybridized carbons (Fsp3) is 0.280. The van der Waals surface area contributed by atoms with Gasteiger partial charge in [-0.3, -0.25) is 0 Å². The largest absolute Gasteiger partial charge is 0.495 e. The second-order valence-corrected chi connectivity index (χ2v) is 7.11. The SMILES string of the molecule is OCCOC1=C(c2c(OCCO)ccc3ccccc23)c2ccccc2CCC1. The van der Waals surface area contributed by atoms with Gasteiger partial charge in [0.05, 0.1) is 13.2 Å². The Hall–Kier alpha value is -2.82. The standard InChI is InChI=1S/C25H26O4/c26-14-16-28-22-11-5-8-18-6-1-3-9-20(18)24(22)25-21-10-4-2-7-19(21)12-13-23(25)29-17-15-27/h1-4,6-7,9-10,12-13,26-27H,5,8,11,14-17H2. The number of benzene rings is 3. The lowest BCUT2D eigenvalue weighted by Gasteiger charge is -2.21. The lowest BCUT2D eigenvalue weighted by Crippen LogP contribution is -2.07. The Labute approximate surface area is 171 Å². The van der Waals surface area contributed by atoms with Crippen LogP contribution in [-0.4, -0.2) is 36.6 Å². The topological polar surface area (TPSA) is 58.9 Å². The van der Waals surface area contributed by atoms with E-state index in [1.165, 1.54) is 5.56 Å². The van der Waals surface area contributed by atoms with E-state index in [1.54, 1.807) is 0 Å². The summed E-state index contributed by atoms with van der Waals surface area (Å²) in [5, 5.41) is 20.9. The molecule has 0 atom stereocenters. The summed E-state index contributed by atoms with van der Waals surface area (Å²) in [4.78, 5) is 0. The summed E-state index contributed by atoms with van der Waals surface area (Å²) in [5.41, 5.74) is 4.43. The van der Waals surface area contributed by atoms with Gasteiger partial charge in [-0.05, 0) is 40.8 Å². The lowest BCUT2D eigenvalue weighted by atomic mass is 9.89. The third-order valence-corrected chi connectivity index (χ3v) is 5.27. The number of aryl methyl sites for hydroxylation is 1. The lowest BCUT2D eigenvalue weighted by molar-refractivity contribution is 0.140. The van der Waals surface area contributed by atoms with Gasteiger partial charge < -0.3 is 19.7 Å². The Balaban J connectivity index is 2.02. The number of ether oxygens (including phenoxy) is 2. The van der Waals surface area contributed by atoms with Gasteiger partial charge in [-0.15, -0.1) is 0 Å². The highest BCUT2D eigenvalue weighted by molar-refractivity contribution is 6.01. The molecule has 0 saturated carbocycles. The first kappa shape index (κ1) is 19.5. The monoisotopic (exact) mass is 390 g/mol. The van der Waals surface area contributed by atoms with Crippen LogP contribution in [0.2, 0.25) is 0 Å². The van der Waals surface area contributed by atoms with Crippen molar-refractivity contribution in [1.82, 2.24) is 0 Å². The normalized spacial score (nSPS) is 13.9. The number of aliphatic hydroxyl groups is 2. The summed E-state index contributed by atoms with van der Waals surface area (Å²) >= 11 is 0. The van der Waals surface area contributed by atoms with Crippen LogP contribution in [0.4, 0.5) is 0 Å². The van der Waals surface area contributed by atoms with Gasteiger partial charge in [-0.2, -0.15) is 0 Å². The molecule has 0 fully saturated rings. The highest BCUT2D eigenvalue weighted by Crippen LogP contribution is 2.42. The summed E-state index contributed by atoms with van der Waals surface area (Å²) in [6.07, 6.45) is 2.76. The summed E-state index contributed by atoms with van der Waals surface area (Å²) < 4.78 is 12.0. The summed E-state index contributed by atoms with van der Waals surface area (Å²) in [6.45, 7) is 0.420. The number of allylic oxidation sites excluding steroid dienone is 1. The minimum absolute atomic E-state index is 0.0260. The second kappa shape index (κ2) is 9.12. The number of rotatable bonds is 7. The minimum atomic E-state index is -0.0459. The highest BCUT2D eigenvalue weighted by Gasteiger charge is 2.24. The molecule has 4 nitrogen and oxygen atoms in total. The maximum absolute atomic E-state index is 9.36. The zero-order valence-electron chi connectivity index (χ0n) is 16.4. The molecule has 3 aromatic carbocycles. The molecular weight excluding hydrogens is 364 g/mol. The van der Waals surface area contributed by atoms with Crippen molar-refractivity contribution < 1.29 is 19.7 Å². The molecule has 2 N–H and O–H groups in total. The van der Waals surface area contributed by atoms with Crippen molar-refractivity contribution in [2.75, 3.05) is 26.4 Å². The third-order valence-electron chi connectivity index (χ3n) is 5.27. The molecule has 0 bridgehead atoms. The van der Waals surface area contributed by atoms with Crippen LogP contribution in [0.15, 0.2) is 66.4 Å². The van der Waals surface area contributed by atoms with E-state index in [0.29, 0.717) is 0 Å². The van der Waals surface area contributed by atoms with Crippen molar-refractivity contribution in [2.24, 2.45) is 0 Å². The molecule has 150 valence electrons. The zero-order valence-corrected chi connectivity index (χ0v) is 16.4. The third kappa shape index (κ3) is 4.00. The van der Waals surface area contributed by atoms with Gasteiger partial charge >= 0.3 is 0 Å². The van der Waals surface area contributed by atoms with Crippen LogP contribution in [0, 0.1) is 0 Å². The van der Waals surface area contributed by atoms with E-state index in [2.05, 4.69) is 30.3 Å². The molecular formula is C25H26O4. The maximum Gasteiger partial charge on any atom is 0.128 e. The van der Waals surface area contributed by atoms with Crippen molar-refractivity contribution in [1.29, 1.82) is 0 Å². The van der Waals surface area contributed by atoms with E-state index in [4.69, 9.17) is 9.47 Å². The number of hydrogen-bond acceptors (Lipinski definition) is 4. The quantitative estimate of drug-likeness (QED) is 0.631. The molecule has 0 spiro atoms. The molecule has 29 heavy (non-hydrogen) atoms. The maximum atomic E-state index is 9.36. The fourth-order valence-corrected chi connectivity index (χ4v) is 4.07. The van der Waals surface area contributed by atoms with Gasteiger partial charge in [0.25, 0.3) is 0 Å². The summed E-state index contributed by atoms with van der Waals surface area (Å²) in [7, 11) is 0. The summed E-state index contributed by atoms with van der Waals surface area (Å²) in [6, 6.07) is 20.7. The van der Waals surface area contributed by atoms with Crippen LogP contribution in [0.3, 0.4) is 0 Å². The molecule has 1 aliphatic carbocycles. The van der Waals surface area contributed by atoms with Crippen LogP contribution in [0.1, 0.15) is 29.5 Å². The average molecular weight is 390 g/mol. The molecule has 4 heteroatoms. The second-order valence-electron chi connectivity index (χ2n) is 7.11. The molecule has 0 heterocycles. The van der Waals surface area contributed by atoms with Gasteiger partial charge in [-0.25, -0.2) is 0 Å². The molecule has 1 aliphatic rings. The Morgan fingerprint density at radius 2 is 1.52 bits per heavy atom. The van der Waals surface area contributed by atoms with E-state index in [9.17, 15) is 10.2 Å². The van der Waals surface area contributed by atoms with Crippen LogP contribution in [-0.2, 0) is 11.2 Å². The smallest absolute Gasteiger partial charge is 0.128 e. The van der Waals surface area contributed by atoms with E-state index in [-0.39, 0.29) is 26.4 Å². The Bertz CT molecular complexity index is 1020. The zero-order chi connectivity index (χ0) is 20.1. The minimum Gasteiger partial charge on any atom is -0.495 e. The van der Waals surface area contributed by atoms with E-state index in [0.717, 1.165) is 58.2 Å². The highest BCUT2D eigenvalue weighted by atomic mass is 16.5. The van der Waals surface area contributed by atoms with Gasteiger partial charge in [0.15, 0.2) is 0 Å². The molecule has 0 radical (unpaired) electrons. The molecule has 4 rings (SSSR count). The van der Waals surface area contributed by atoms with E-state index < -0.39 is 0 Å². The van der Waals surface area contributed by atoms with Crippen molar-refractivity contribution >= 4 is 16.3 Å². The Morgan fingerprint density at radius 1 is 0.759 bits per heavy atom. The van der Waals surface area contributed by atoms with E-state index >= 15 is 0 Å². The summed E-state index contributed by atoms with van der Waals surface area (Å²) in [5.74, 6) is 1.61. The van der Waals surface area contributed by atoms with Crippen LogP contribution >= 0.6 is 0 Å². The number of fused-ring (bicyclic) bond motifs is 2. The molecule has 0 saturated heterocycles. The van der Waals surface area contributed by atoms with Gasteiger partial charge in [0.2, 0.25) is 0 Å². The van der Waals surface area contributed by atoms with Gasteiger partial charge in [0.1, 0.15) is 24.7 Å². The van der Waals surface area contributed by atoms with Gasteiger partial charge in [-0.1, -0.05) is 54.6 Å². The van der Waals surface area contributed by atoms with E-state index in [1.807, 2.05) is 30.3 Å². The molecule has 0 aromatic heterocycles. The first-order chi connectivity index (χ1) is 14.3. The van der Waals surface area contributed by atoms with Crippen molar-refractivity contribution in [2.45, 2.75) is 19.3 Å². The predicted molar refractivity (Wildman–Crippen MR) is 115 cm³/mol. The van der Waals surface area contributed by atoms with Crippen LogP contribution in [0.5, 0.6) is 5.75 Å². The van der Waals surface area contributed by atoms with Crippen molar-refractivity contribution in [3.05, 3.63) is 83.1 Å². The van der Waals surface area contributed by atoms with Crippen LogP contribution < -0.4 is 4.74 Å². The number of hydrogen-bond donors (Lipinski definition) is 2. The Morgan fingerprint density at radius 3 is 2.38 bits per heavy atom. The Kier molecular flexibility index (Phi) is 6.13. The first-order valence-corrected chi connectivity index (χ1v) is 10.1. The van der Waals surface area contributed by atoms with Crippen molar-refractivity contribution in [3.63, 3.8) is 0 Å². The molecule has 0 unspecified atom stereocenters. The van der Waals surface area contributed by atoms with Crippen LogP contribution in [0.25, 0.3) is 16.3 Å². The fourth-order valence-electron chi connectivity index (χ4n) is 4.07. The van der Waals surface area contributed by atoms with Crippen molar-refractivity contribution in [3.8, 4) is 5.75 Å². The predicted octanol–water partition coefficient (Wildman–Crippen LogP) is 4.32.